The molecule has 0 aliphatic carbocycles. The number of halogens is 3. The molecule has 0 bridgehead atoms. The quantitative estimate of drug-likeness (QED) is 0.276. The maximum absolute atomic E-state index is 12.3. The summed E-state index contributed by atoms with van der Waals surface area (Å²) in [7, 11) is 3.95. The van der Waals surface area contributed by atoms with Gasteiger partial charge in [-0.25, -0.2) is 8.78 Å². The molecule has 1 aromatic heterocycles. The molecule has 0 radical (unpaired) electrons. The number of piperidine rings is 1. The Kier molecular flexibility index (Phi) is 11.0. The summed E-state index contributed by atoms with van der Waals surface area (Å²) in [6, 6.07) is 11.9. The lowest BCUT2D eigenvalue weighted by Crippen LogP contribution is -2.44. The van der Waals surface area contributed by atoms with Crippen LogP contribution in [0.2, 0.25) is 0 Å². The lowest BCUT2D eigenvalue weighted by atomic mass is 9.88. The van der Waals surface area contributed by atoms with Crippen LogP contribution in [0.1, 0.15) is 29.3 Å². The summed E-state index contributed by atoms with van der Waals surface area (Å²) in [5, 5.41) is 8.91. The van der Waals surface area contributed by atoms with Crippen LogP contribution in [0.15, 0.2) is 46.8 Å². The van der Waals surface area contributed by atoms with E-state index in [0.29, 0.717) is 24.3 Å². The van der Waals surface area contributed by atoms with Gasteiger partial charge in [-0.1, -0.05) is 18.2 Å². The fourth-order valence-electron chi connectivity index (χ4n) is 3.92. The number of nitrogens with zero attached hydrogens (tertiary/aromatic N) is 2. The topological polar surface area (TPSA) is 48.9 Å². The van der Waals surface area contributed by atoms with Crippen LogP contribution in [0, 0.1) is 5.92 Å². The molecule has 9 heteroatoms. The van der Waals surface area contributed by atoms with Crippen LogP contribution < -0.4 is 15.4 Å². The van der Waals surface area contributed by atoms with E-state index in [2.05, 4.69) is 45.1 Å². The zero-order valence-electron chi connectivity index (χ0n) is 17.9. The van der Waals surface area contributed by atoms with E-state index in [1.165, 1.54) is 17.7 Å². The van der Waals surface area contributed by atoms with Gasteiger partial charge in [-0.3, -0.25) is 9.89 Å². The Labute approximate surface area is 204 Å². The lowest BCUT2D eigenvalue weighted by molar-refractivity contribution is 0.0818. The highest BCUT2D eigenvalue weighted by atomic mass is 127. The van der Waals surface area contributed by atoms with Crippen molar-refractivity contribution in [3.8, 4) is 5.75 Å². The number of hydrogen-bond donors (Lipinski definition) is 2. The minimum Gasteiger partial charge on any atom is -0.488 e. The second-order valence-corrected chi connectivity index (χ2v) is 8.48. The van der Waals surface area contributed by atoms with Gasteiger partial charge in [0.15, 0.2) is 5.96 Å². The van der Waals surface area contributed by atoms with Gasteiger partial charge in [-0.15, -0.1) is 35.3 Å². The number of aliphatic imine (C=N–C) groups is 1. The summed E-state index contributed by atoms with van der Waals surface area (Å²) in [6.45, 7) is 1.89. The van der Waals surface area contributed by atoms with Gasteiger partial charge in [-0.05, 0) is 61.5 Å². The van der Waals surface area contributed by atoms with Crippen molar-refractivity contribution in [2.24, 2.45) is 10.9 Å². The second-order valence-electron chi connectivity index (χ2n) is 7.50. The number of thiophene rings is 1. The number of rotatable bonds is 8. The van der Waals surface area contributed by atoms with Gasteiger partial charge in [0.2, 0.25) is 0 Å². The molecule has 0 spiro atoms. The van der Waals surface area contributed by atoms with Crippen LogP contribution in [0.3, 0.4) is 0 Å². The number of alkyl halides is 2. The van der Waals surface area contributed by atoms with E-state index in [4.69, 9.17) is 4.74 Å². The predicted octanol–water partition coefficient (Wildman–Crippen LogP) is 4.76. The third kappa shape index (κ3) is 7.87. The molecule has 0 saturated carbocycles. The van der Waals surface area contributed by atoms with E-state index in [0.717, 1.165) is 24.6 Å². The van der Waals surface area contributed by atoms with Gasteiger partial charge >= 0.3 is 0 Å². The van der Waals surface area contributed by atoms with Gasteiger partial charge in [0.05, 0.1) is 0 Å². The minimum absolute atomic E-state index is 0. The van der Waals surface area contributed by atoms with Crippen molar-refractivity contribution in [3.63, 3.8) is 0 Å². The van der Waals surface area contributed by atoms with Crippen molar-refractivity contribution in [2.45, 2.75) is 31.9 Å². The van der Waals surface area contributed by atoms with Crippen LogP contribution >= 0.6 is 35.3 Å². The Morgan fingerprint density at radius 3 is 2.84 bits per heavy atom. The van der Waals surface area contributed by atoms with Crippen LogP contribution in [-0.4, -0.2) is 51.1 Å². The van der Waals surface area contributed by atoms with Crippen molar-refractivity contribution >= 4 is 41.3 Å². The Morgan fingerprint density at radius 1 is 1.29 bits per heavy atom. The molecular formula is C22H31F2IN4OS. The summed E-state index contributed by atoms with van der Waals surface area (Å²) in [4.78, 5) is 8.19. The SMILES string of the molecule is CN=C(NCc1cccc(OCC(F)F)c1)NCC1CCCN(C)C1c1cccs1.I. The first-order valence-corrected chi connectivity index (χ1v) is 11.1. The standard InChI is InChI=1S/C22H30F2N4OS.HI/c1-25-22(26-13-16-6-3-8-18(12-16)29-15-20(23)24)27-14-17-7-4-10-28(2)21(17)19-9-5-11-30-19;/h3,5-6,8-9,11-12,17,20-21H,4,7,10,13-15H2,1-2H3,(H2,25,26,27);1H. The fourth-order valence-corrected chi connectivity index (χ4v) is 4.90. The summed E-state index contributed by atoms with van der Waals surface area (Å²) in [5.41, 5.74) is 0.943. The molecule has 2 aromatic rings. The molecule has 2 atom stereocenters. The molecule has 1 aromatic carbocycles. The fraction of sp³-hybridized carbons (Fsp3) is 0.500. The summed E-state index contributed by atoms with van der Waals surface area (Å²) >= 11 is 1.82. The van der Waals surface area contributed by atoms with E-state index < -0.39 is 13.0 Å². The van der Waals surface area contributed by atoms with E-state index in [9.17, 15) is 8.78 Å². The first-order chi connectivity index (χ1) is 14.6. The summed E-state index contributed by atoms with van der Waals surface area (Å²) in [5.74, 6) is 1.68. The summed E-state index contributed by atoms with van der Waals surface area (Å²) < 4.78 is 29.8. The van der Waals surface area contributed by atoms with E-state index in [1.54, 1.807) is 25.2 Å². The Morgan fingerprint density at radius 2 is 2.13 bits per heavy atom. The molecular weight excluding hydrogens is 533 g/mol. The van der Waals surface area contributed by atoms with Gasteiger partial charge in [0.25, 0.3) is 6.43 Å². The van der Waals surface area contributed by atoms with E-state index in [-0.39, 0.29) is 24.0 Å². The van der Waals surface area contributed by atoms with E-state index in [1.807, 2.05) is 17.4 Å². The predicted molar refractivity (Wildman–Crippen MR) is 134 cm³/mol. The second kappa shape index (κ2) is 13.2. The highest BCUT2D eigenvalue weighted by molar-refractivity contribution is 14.0. The van der Waals surface area contributed by atoms with E-state index >= 15 is 0 Å². The van der Waals surface area contributed by atoms with Crippen LogP contribution in [0.5, 0.6) is 5.75 Å². The monoisotopic (exact) mass is 564 g/mol. The maximum Gasteiger partial charge on any atom is 0.272 e. The molecule has 2 heterocycles. The highest BCUT2D eigenvalue weighted by Crippen LogP contribution is 2.36. The lowest BCUT2D eigenvalue weighted by Gasteiger charge is -2.39. The van der Waals surface area contributed by atoms with Crippen LogP contribution in [0.4, 0.5) is 8.78 Å². The van der Waals surface area contributed by atoms with Crippen LogP contribution in [0.25, 0.3) is 0 Å². The number of hydrogen-bond acceptors (Lipinski definition) is 4. The molecule has 2 N–H and O–H groups in total. The molecule has 1 fully saturated rings. The smallest absolute Gasteiger partial charge is 0.272 e. The molecule has 0 amide bonds. The zero-order chi connectivity index (χ0) is 21.3. The number of benzene rings is 1. The zero-order valence-corrected chi connectivity index (χ0v) is 21.0. The highest BCUT2D eigenvalue weighted by Gasteiger charge is 2.31. The number of likely N-dealkylation sites (tertiary alicyclic amines) is 1. The van der Waals surface area contributed by atoms with Gasteiger partial charge < -0.3 is 15.4 Å². The molecule has 5 nitrogen and oxygen atoms in total. The van der Waals surface area contributed by atoms with Gasteiger partial charge in [0.1, 0.15) is 12.4 Å². The normalized spacial score (nSPS) is 19.7. The Hall–Kier alpha value is -1.46. The minimum atomic E-state index is -2.48. The average molecular weight is 564 g/mol. The Bertz CT molecular complexity index is 807. The molecule has 1 aliphatic rings. The van der Waals surface area contributed by atoms with Crippen molar-refractivity contribution in [3.05, 3.63) is 52.2 Å². The van der Waals surface area contributed by atoms with Gasteiger partial charge in [-0.2, -0.15) is 0 Å². The van der Waals surface area contributed by atoms with Gasteiger partial charge in [0, 0.05) is 31.1 Å². The molecule has 1 aliphatic heterocycles. The maximum atomic E-state index is 12.3. The molecule has 172 valence electrons. The third-order valence-electron chi connectivity index (χ3n) is 5.33. The first-order valence-electron chi connectivity index (χ1n) is 10.2. The van der Waals surface area contributed by atoms with Crippen molar-refractivity contribution in [2.75, 3.05) is 33.8 Å². The van der Waals surface area contributed by atoms with Crippen LogP contribution in [-0.2, 0) is 6.54 Å². The number of nitrogens with one attached hydrogen (secondary N) is 2. The van der Waals surface area contributed by atoms with Crippen molar-refractivity contribution in [1.82, 2.24) is 15.5 Å². The average Bonchev–Trinajstić information content (AvgIpc) is 3.27. The number of guanidine groups is 1. The molecule has 1 saturated heterocycles. The molecule has 2 unspecified atom stereocenters. The third-order valence-corrected chi connectivity index (χ3v) is 6.27. The molecule has 3 rings (SSSR count). The molecule has 31 heavy (non-hydrogen) atoms. The largest absolute Gasteiger partial charge is 0.488 e. The van der Waals surface area contributed by atoms with Crippen molar-refractivity contribution in [1.29, 1.82) is 0 Å². The first kappa shape index (κ1) is 25.8. The van der Waals surface area contributed by atoms with Crippen molar-refractivity contribution < 1.29 is 13.5 Å². The number of ether oxygens (including phenoxy) is 1. The Balaban J connectivity index is 0.00000341. The summed E-state index contributed by atoms with van der Waals surface area (Å²) in [6.07, 6.45) is -0.102.